The van der Waals surface area contributed by atoms with Crippen LogP contribution in [0.5, 0.6) is 0 Å². The summed E-state index contributed by atoms with van der Waals surface area (Å²) in [6.45, 7) is 8.10. The van der Waals surface area contributed by atoms with Crippen LogP contribution < -0.4 is 10.9 Å². The first-order chi connectivity index (χ1) is 7.86. The van der Waals surface area contributed by atoms with Crippen LogP contribution in [0.2, 0.25) is 0 Å². The van der Waals surface area contributed by atoms with E-state index in [1.165, 1.54) is 0 Å². The van der Waals surface area contributed by atoms with Crippen LogP contribution >= 0.6 is 0 Å². The van der Waals surface area contributed by atoms with Crippen LogP contribution in [-0.4, -0.2) is 23.5 Å². The summed E-state index contributed by atoms with van der Waals surface area (Å²) < 4.78 is 11.8. The van der Waals surface area contributed by atoms with Gasteiger partial charge in [-0.05, 0) is 45.3 Å². The van der Waals surface area contributed by atoms with Crippen LogP contribution in [0.15, 0.2) is 24.3 Å². The molecule has 5 heteroatoms. The van der Waals surface area contributed by atoms with Gasteiger partial charge in [0.05, 0.1) is 16.9 Å². The lowest BCUT2D eigenvalue weighted by Gasteiger charge is -2.32. The van der Waals surface area contributed by atoms with Gasteiger partial charge >= 0.3 is 7.12 Å². The van der Waals surface area contributed by atoms with Crippen molar-refractivity contribution in [2.45, 2.75) is 38.9 Å². The highest BCUT2D eigenvalue weighted by Crippen LogP contribution is 2.36. The Morgan fingerprint density at radius 3 is 1.88 bits per heavy atom. The second-order valence-corrected chi connectivity index (χ2v) is 5.32. The molecular formula is C12H18BNO3. The molecule has 0 unspecified atom stereocenters. The Morgan fingerprint density at radius 2 is 1.47 bits per heavy atom. The van der Waals surface area contributed by atoms with Crippen LogP contribution in [0.4, 0.5) is 5.69 Å². The van der Waals surface area contributed by atoms with Gasteiger partial charge in [-0.1, -0.05) is 12.1 Å². The molecule has 0 radical (unpaired) electrons. The second kappa shape index (κ2) is 4.01. The summed E-state index contributed by atoms with van der Waals surface area (Å²) >= 11 is 0. The summed E-state index contributed by atoms with van der Waals surface area (Å²) in [6, 6.07) is 7.31. The molecule has 17 heavy (non-hydrogen) atoms. The molecule has 1 aromatic rings. The van der Waals surface area contributed by atoms with Gasteiger partial charge in [0.2, 0.25) is 0 Å². The Morgan fingerprint density at radius 1 is 1.00 bits per heavy atom. The van der Waals surface area contributed by atoms with Crippen molar-refractivity contribution < 1.29 is 14.5 Å². The predicted molar refractivity (Wildman–Crippen MR) is 67.6 cm³/mol. The fourth-order valence-electron chi connectivity index (χ4n) is 1.69. The largest absolute Gasteiger partial charge is 0.494 e. The molecule has 0 amide bonds. The van der Waals surface area contributed by atoms with Crippen LogP contribution in [-0.2, 0) is 9.31 Å². The van der Waals surface area contributed by atoms with E-state index in [1.54, 1.807) is 12.1 Å². The molecule has 1 heterocycles. The van der Waals surface area contributed by atoms with Crippen molar-refractivity contribution >= 4 is 18.3 Å². The van der Waals surface area contributed by atoms with E-state index in [2.05, 4.69) is 5.48 Å². The molecule has 1 aliphatic rings. The van der Waals surface area contributed by atoms with Gasteiger partial charge in [0.15, 0.2) is 0 Å². The molecule has 0 aromatic heterocycles. The zero-order valence-electron chi connectivity index (χ0n) is 10.7. The predicted octanol–water partition coefficient (Wildman–Crippen LogP) is 1.79. The first-order valence-electron chi connectivity index (χ1n) is 5.71. The van der Waals surface area contributed by atoms with Crippen molar-refractivity contribution in [3.8, 4) is 0 Å². The number of rotatable bonds is 2. The van der Waals surface area contributed by atoms with Crippen LogP contribution in [0.25, 0.3) is 0 Å². The average Bonchev–Trinajstić information content (AvgIpc) is 2.48. The lowest BCUT2D eigenvalue weighted by Crippen LogP contribution is -2.41. The molecule has 1 aromatic carbocycles. The lowest BCUT2D eigenvalue weighted by atomic mass is 9.79. The van der Waals surface area contributed by atoms with E-state index in [1.807, 2.05) is 39.8 Å². The average molecular weight is 235 g/mol. The summed E-state index contributed by atoms with van der Waals surface area (Å²) in [5.41, 5.74) is 3.03. The lowest BCUT2D eigenvalue weighted by molar-refractivity contribution is 0.00578. The number of anilines is 1. The van der Waals surface area contributed by atoms with Crippen molar-refractivity contribution in [3.05, 3.63) is 24.3 Å². The van der Waals surface area contributed by atoms with Crippen molar-refractivity contribution in [1.29, 1.82) is 0 Å². The van der Waals surface area contributed by atoms with Gasteiger partial charge in [-0.3, -0.25) is 10.7 Å². The van der Waals surface area contributed by atoms with E-state index < -0.39 is 0 Å². The first kappa shape index (κ1) is 12.4. The van der Waals surface area contributed by atoms with Crippen LogP contribution in [0.1, 0.15) is 27.7 Å². The molecule has 0 spiro atoms. The Labute approximate surface area is 102 Å². The zero-order chi connectivity index (χ0) is 12.7. The maximum Gasteiger partial charge on any atom is 0.494 e. The van der Waals surface area contributed by atoms with Gasteiger partial charge in [0.1, 0.15) is 0 Å². The molecule has 0 atom stereocenters. The summed E-state index contributed by atoms with van der Waals surface area (Å²) in [5.74, 6) is 0. The molecular weight excluding hydrogens is 217 g/mol. The summed E-state index contributed by atoms with van der Waals surface area (Å²) in [5, 5.41) is 8.75. The van der Waals surface area contributed by atoms with E-state index in [0.717, 1.165) is 5.46 Å². The monoisotopic (exact) mass is 235 g/mol. The van der Waals surface area contributed by atoms with Gasteiger partial charge in [0.25, 0.3) is 0 Å². The molecule has 1 fully saturated rings. The molecule has 1 aliphatic heterocycles. The van der Waals surface area contributed by atoms with E-state index in [-0.39, 0.29) is 18.3 Å². The quantitative estimate of drug-likeness (QED) is 0.606. The van der Waals surface area contributed by atoms with E-state index in [0.29, 0.717) is 5.69 Å². The third-order valence-electron chi connectivity index (χ3n) is 3.57. The van der Waals surface area contributed by atoms with Gasteiger partial charge < -0.3 is 9.31 Å². The topological polar surface area (TPSA) is 50.7 Å². The summed E-state index contributed by atoms with van der Waals surface area (Å²) in [7, 11) is -0.354. The van der Waals surface area contributed by atoms with Crippen molar-refractivity contribution in [1.82, 2.24) is 0 Å². The molecule has 2 N–H and O–H groups in total. The maximum absolute atomic E-state index is 8.75. The fourth-order valence-corrected chi connectivity index (χ4v) is 1.69. The van der Waals surface area contributed by atoms with Crippen molar-refractivity contribution in [3.63, 3.8) is 0 Å². The van der Waals surface area contributed by atoms with Gasteiger partial charge in [-0.15, -0.1) is 0 Å². The highest BCUT2D eigenvalue weighted by molar-refractivity contribution is 6.62. The Balaban J connectivity index is 2.20. The molecule has 0 aliphatic carbocycles. The number of benzene rings is 1. The highest BCUT2D eigenvalue weighted by atomic mass is 16.7. The zero-order valence-corrected chi connectivity index (χ0v) is 10.7. The summed E-state index contributed by atoms with van der Waals surface area (Å²) in [4.78, 5) is 0. The SMILES string of the molecule is CC1(C)OB(c2ccc(NO)cc2)OC1(C)C. The Kier molecular flexibility index (Phi) is 2.93. The normalized spacial score (nSPS) is 21.6. The third-order valence-corrected chi connectivity index (χ3v) is 3.57. The number of hydrogen-bond acceptors (Lipinski definition) is 4. The molecule has 0 bridgehead atoms. The molecule has 2 rings (SSSR count). The third kappa shape index (κ3) is 2.18. The Bertz CT molecular complexity index is 387. The molecule has 92 valence electrons. The second-order valence-electron chi connectivity index (χ2n) is 5.32. The van der Waals surface area contributed by atoms with E-state index >= 15 is 0 Å². The standard InChI is InChI=1S/C12H18BNO3/c1-11(2)12(3,4)17-13(16-11)9-5-7-10(14-15)8-6-9/h5-8,14-15H,1-4H3. The maximum atomic E-state index is 8.75. The molecule has 0 saturated carbocycles. The number of hydrogen-bond donors (Lipinski definition) is 2. The molecule has 4 nitrogen and oxygen atoms in total. The van der Waals surface area contributed by atoms with Gasteiger partial charge in [-0.2, -0.15) is 0 Å². The van der Waals surface area contributed by atoms with Gasteiger partial charge in [-0.25, -0.2) is 0 Å². The van der Waals surface area contributed by atoms with Crippen LogP contribution in [0.3, 0.4) is 0 Å². The van der Waals surface area contributed by atoms with E-state index in [4.69, 9.17) is 14.5 Å². The first-order valence-corrected chi connectivity index (χ1v) is 5.71. The van der Waals surface area contributed by atoms with Crippen molar-refractivity contribution in [2.75, 3.05) is 5.48 Å². The van der Waals surface area contributed by atoms with E-state index in [9.17, 15) is 0 Å². The molecule has 1 saturated heterocycles. The van der Waals surface area contributed by atoms with Crippen molar-refractivity contribution in [2.24, 2.45) is 0 Å². The number of nitrogens with one attached hydrogen (secondary N) is 1. The minimum Gasteiger partial charge on any atom is -0.399 e. The van der Waals surface area contributed by atoms with Gasteiger partial charge in [0, 0.05) is 0 Å². The smallest absolute Gasteiger partial charge is 0.399 e. The Hall–Kier alpha value is -1.04. The fraction of sp³-hybridized carbons (Fsp3) is 0.500. The minimum atomic E-state index is -0.354. The minimum absolute atomic E-state index is 0.328. The summed E-state index contributed by atoms with van der Waals surface area (Å²) in [6.07, 6.45) is 0. The van der Waals surface area contributed by atoms with Crippen LogP contribution in [0, 0.1) is 0 Å². The highest BCUT2D eigenvalue weighted by Gasteiger charge is 2.51.